The maximum Gasteiger partial charge on any atom is 0.588 e. The number of aryl methyl sites for hydroxylation is 1. The molecule has 0 heterocycles. The first kappa shape index (κ1) is 14.5. The molecule has 0 spiro atoms. The number of alkyl halides is 3. The van der Waals surface area contributed by atoms with Crippen molar-refractivity contribution in [3.63, 3.8) is 0 Å². The van der Waals surface area contributed by atoms with E-state index in [2.05, 4.69) is 4.18 Å². The Bertz CT molecular complexity index is 549. The molecule has 0 aromatic heterocycles. The van der Waals surface area contributed by atoms with Gasteiger partial charge in [0.25, 0.3) is 0 Å². The lowest BCUT2D eigenvalue weighted by Crippen LogP contribution is -2.28. The first-order chi connectivity index (χ1) is 8.21. The Morgan fingerprint density at radius 1 is 1.44 bits per heavy atom. The molecule has 1 rings (SSSR count). The fourth-order valence-electron chi connectivity index (χ4n) is 1.20. The number of halogens is 3. The van der Waals surface area contributed by atoms with E-state index in [1.54, 1.807) is 6.92 Å². The molecule has 0 aliphatic carbocycles. The van der Waals surface area contributed by atoms with Gasteiger partial charge in [-0.1, -0.05) is 6.92 Å². The van der Waals surface area contributed by atoms with Crippen molar-refractivity contribution in [2.75, 3.05) is 0 Å². The van der Waals surface area contributed by atoms with E-state index in [1.165, 1.54) is 12.1 Å². The molecule has 1 N–H and O–H groups in total. The lowest BCUT2D eigenvalue weighted by molar-refractivity contribution is -0.0496. The van der Waals surface area contributed by atoms with Crippen LogP contribution in [0.2, 0.25) is 0 Å². The Balaban J connectivity index is 3.17. The van der Waals surface area contributed by atoms with Crippen LogP contribution in [-0.4, -0.2) is 20.2 Å². The fourth-order valence-corrected chi connectivity index (χ4v) is 1.70. The van der Waals surface area contributed by atoms with Crippen molar-refractivity contribution in [2.24, 2.45) is 0 Å². The van der Waals surface area contributed by atoms with Crippen LogP contribution in [0.15, 0.2) is 18.2 Å². The van der Waals surface area contributed by atoms with Crippen LogP contribution >= 0.6 is 0 Å². The molecule has 1 aromatic carbocycles. The van der Waals surface area contributed by atoms with Crippen molar-refractivity contribution in [1.82, 2.24) is 0 Å². The highest BCUT2D eigenvalue weighted by Crippen LogP contribution is 2.29. The Morgan fingerprint density at radius 3 is 2.50 bits per heavy atom. The minimum Gasteiger partial charge on any atom is -0.339 e. The highest BCUT2D eigenvalue weighted by atomic mass is 32.2. The highest BCUT2D eigenvalue weighted by Gasteiger charge is 2.55. The molecule has 0 saturated carbocycles. The molecule has 0 bridgehead atoms. The number of aldehydes is 1. The van der Waals surface area contributed by atoms with Gasteiger partial charge in [0.1, 0.15) is 6.29 Å². The van der Waals surface area contributed by atoms with Gasteiger partial charge in [0.2, 0.25) is 0 Å². The van der Waals surface area contributed by atoms with Gasteiger partial charge in [-0.05, 0) is 30.2 Å². The van der Waals surface area contributed by atoms with Crippen molar-refractivity contribution in [2.45, 2.75) is 18.9 Å². The lowest BCUT2D eigenvalue weighted by Gasteiger charge is -2.09. The Morgan fingerprint density at radius 2 is 2.06 bits per heavy atom. The summed E-state index contributed by atoms with van der Waals surface area (Å²) >= 11 is 0. The van der Waals surface area contributed by atoms with Gasteiger partial charge in [-0.25, -0.2) is 0 Å². The van der Waals surface area contributed by atoms with Crippen LogP contribution in [-0.2, 0) is 16.5 Å². The molecule has 1 atom stereocenters. The zero-order valence-corrected chi connectivity index (χ0v) is 10.0. The van der Waals surface area contributed by atoms with Crippen molar-refractivity contribution in [3.05, 3.63) is 29.3 Å². The Kier molecular flexibility index (Phi) is 4.00. The third-order valence-corrected chi connectivity index (χ3v) is 3.09. The molecule has 18 heavy (non-hydrogen) atoms. The largest absolute Gasteiger partial charge is 0.588 e. The number of rotatable bonds is 4. The summed E-state index contributed by atoms with van der Waals surface area (Å²) < 4.78 is 60.4. The van der Waals surface area contributed by atoms with Crippen LogP contribution in [0.3, 0.4) is 0 Å². The summed E-state index contributed by atoms with van der Waals surface area (Å²) in [5.41, 5.74) is -4.89. The summed E-state index contributed by atoms with van der Waals surface area (Å²) in [6.07, 6.45) is 0.771. The number of carbonyl (C=O) groups is 1. The van der Waals surface area contributed by atoms with Crippen LogP contribution in [0.4, 0.5) is 13.2 Å². The van der Waals surface area contributed by atoms with Gasteiger partial charge in [-0.3, -0.25) is 4.79 Å². The Labute approximate surface area is 101 Å². The molecule has 8 heteroatoms. The van der Waals surface area contributed by atoms with Gasteiger partial charge >= 0.3 is 15.6 Å². The monoisotopic (exact) mass is 283 g/mol. The molecule has 100 valence electrons. The maximum absolute atomic E-state index is 12.2. The summed E-state index contributed by atoms with van der Waals surface area (Å²) in [7, 11) is -5.44. The van der Waals surface area contributed by atoms with Crippen molar-refractivity contribution in [1.29, 1.82) is 0 Å². The van der Waals surface area contributed by atoms with Gasteiger partial charge in [-0.15, -0.1) is 17.4 Å². The fraction of sp³-hybridized carbons (Fsp3) is 0.300. The van der Waals surface area contributed by atoms with Crippen molar-refractivity contribution >= 4 is 16.4 Å². The van der Waals surface area contributed by atoms with E-state index in [-0.39, 0.29) is 23.3 Å². The minimum absolute atomic E-state index is 0.241. The minimum atomic E-state index is -5.44. The molecule has 0 saturated heterocycles. The van der Waals surface area contributed by atoms with Crippen LogP contribution in [0.25, 0.3) is 0 Å². The van der Waals surface area contributed by atoms with Gasteiger partial charge < -0.3 is 4.18 Å². The first-order valence-electron chi connectivity index (χ1n) is 4.81. The summed E-state index contributed by atoms with van der Waals surface area (Å²) in [6.45, 7) is 1.61. The topological polar surface area (TPSA) is 64.8 Å². The molecule has 0 fully saturated rings. The quantitative estimate of drug-likeness (QED) is 0.369. The molecule has 4 nitrogen and oxygen atoms in total. The van der Waals surface area contributed by atoms with E-state index in [0.29, 0.717) is 6.29 Å². The zero-order chi connectivity index (χ0) is 14.0. The molecular formula is C10H10F3O4S+. The van der Waals surface area contributed by atoms with E-state index in [4.69, 9.17) is 4.21 Å². The lowest BCUT2D eigenvalue weighted by atomic mass is 10.1. The standard InChI is InChI=1S/C10H9F3O4S/c1-2-8-5-7(6-14)3-4-9(8)17-18(15,16)10(11,12)13/h3-6H,2H2,1H3/p+1. The second kappa shape index (κ2) is 4.97. The first-order valence-corrected chi connectivity index (χ1v) is 6.25. The zero-order valence-electron chi connectivity index (χ0n) is 9.23. The average Bonchev–Trinajstić information content (AvgIpc) is 2.27. The summed E-state index contributed by atoms with van der Waals surface area (Å²) in [5.74, 6) is -0.368. The molecule has 0 aliphatic rings. The highest BCUT2D eigenvalue weighted by molar-refractivity contribution is 7.88. The smallest absolute Gasteiger partial charge is 0.339 e. The van der Waals surface area contributed by atoms with E-state index in [1.807, 2.05) is 0 Å². The van der Waals surface area contributed by atoms with Gasteiger partial charge in [-0.2, -0.15) is 4.21 Å². The second-order valence-electron chi connectivity index (χ2n) is 3.34. The maximum atomic E-state index is 12.2. The van der Waals surface area contributed by atoms with Crippen LogP contribution in [0.5, 0.6) is 5.75 Å². The van der Waals surface area contributed by atoms with Gasteiger partial charge in [0, 0.05) is 5.56 Å². The molecule has 1 unspecified atom stereocenters. The summed E-state index contributed by atoms with van der Waals surface area (Å²) in [6, 6.07) is 3.56. The third-order valence-electron chi connectivity index (χ3n) is 2.10. The Hall–Kier alpha value is -1.57. The van der Waals surface area contributed by atoms with E-state index >= 15 is 0 Å². The van der Waals surface area contributed by atoms with E-state index in [0.717, 1.165) is 6.07 Å². The predicted octanol–water partition coefficient (Wildman–Crippen LogP) is 2.45. The summed E-state index contributed by atoms with van der Waals surface area (Å²) in [4.78, 5) is 10.5. The van der Waals surface area contributed by atoms with Crippen molar-refractivity contribution < 1.29 is 30.6 Å². The van der Waals surface area contributed by atoms with Gasteiger partial charge in [0.05, 0.1) is 0 Å². The normalized spacial score (nSPS) is 14.9. The molecule has 1 aromatic rings. The molecular weight excluding hydrogens is 273 g/mol. The predicted molar refractivity (Wildman–Crippen MR) is 58.0 cm³/mol. The van der Waals surface area contributed by atoms with Crippen LogP contribution in [0.1, 0.15) is 22.8 Å². The van der Waals surface area contributed by atoms with Crippen LogP contribution in [0, 0.1) is 0 Å². The number of hydrogen-bond acceptors (Lipinski definition) is 3. The molecule has 0 amide bonds. The number of hydrogen-bond donors (Lipinski definition) is 0. The van der Waals surface area contributed by atoms with Gasteiger partial charge in [0.15, 0.2) is 5.75 Å². The van der Waals surface area contributed by atoms with E-state index < -0.39 is 15.6 Å². The second-order valence-corrected chi connectivity index (χ2v) is 4.92. The number of carbonyl (C=O) groups excluding carboxylic acids is 1. The summed E-state index contributed by atoms with van der Waals surface area (Å²) in [5, 5.41) is 0. The number of benzene rings is 1. The SMILES string of the molecule is CCc1cc(C=O)ccc1OS(=O)(=[OH+])C(F)(F)F. The van der Waals surface area contributed by atoms with E-state index in [9.17, 15) is 22.2 Å². The van der Waals surface area contributed by atoms with Crippen LogP contribution < -0.4 is 4.18 Å². The molecule has 0 radical (unpaired) electrons. The average molecular weight is 283 g/mol. The molecule has 0 aliphatic heterocycles. The third kappa shape index (κ3) is 3.00. The van der Waals surface area contributed by atoms with Crippen molar-refractivity contribution in [3.8, 4) is 5.75 Å².